The van der Waals surface area contributed by atoms with Crippen LogP contribution in [0.25, 0.3) is 0 Å². The average Bonchev–Trinajstić information content (AvgIpc) is 3.12. The maximum atomic E-state index is 5.39. The first-order valence-corrected chi connectivity index (χ1v) is 10.6. The molecule has 5 saturated heterocycles. The minimum Gasteiger partial charge on any atom is -0.497 e. The van der Waals surface area contributed by atoms with Gasteiger partial charge in [0.1, 0.15) is 5.75 Å². The Labute approximate surface area is 158 Å². The van der Waals surface area contributed by atoms with Crippen LogP contribution in [0.4, 0.5) is 0 Å². The standard InChI is InChI=1S/C22H33N3O/c1-23-11-9-18(10-12-23)25-15-20(16-3-5-19(26-2)6-4-16)22-21(25)17-7-13-24(22)14-8-17/h3-6,17-18,20-22H,7-15H2,1-2H3/t20-,21+,22+/m1/s1. The van der Waals surface area contributed by atoms with E-state index < -0.39 is 0 Å². The minimum atomic E-state index is 0.661. The van der Waals surface area contributed by atoms with E-state index in [2.05, 4.69) is 46.0 Å². The van der Waals surface area contributed by atoms with Gasteiger partial charge < -0.3 is 9.64 Å². The fourth-order valence-corrected chi connectivity index (χ4v) is 6.34. The maximum Gasteiger partial charge on any atom is 0.118 e. The van der Waals surface area contributed by atoms with Crippen LogP contribution < -0.4 is 4.74 Å². The predicted octanol–water partition coefficient (Wildman–Crippen LogP) is 2.65. The molecule has 0 radical (unpaired) electrons. The fraction of sp³-hybridized carbons (Fsp3) is 0.727. The largest absolute Gasteiger partial charge is 0.497 e. The second-order valence-corrected chi connectivity index (χ2v) is 8.97. The normalized spacial score (nSPS) is 38.5. The summed E-state index contributed by atoms with van der Waals surface area (Å²) in [5.41, 5.74) is 1.52. The van der Waals surface area contributed by atoms with Gasteiger partial charge >= 0.3 is 0 Å². The highest BCUT2D eigenvalue weighted by atomic mass is 16.5. The molecule has 2 bridgehead atoms. The van der Waals surface area contributed by atoms with E-state index in [0.29, 0.717) is 5.92 Å². The Morgan fingerprint density at radius 1 is 0.885 bits per heavy atom. The third kappa shape index (κ3) is 2.78. The number of benzene rings is 1. The smallest absolute Gasteiger partial charge is 0.118 e. The van der Waals surface area contributed by atoms with Crippen LogP contribution in [0.2, 0.25) is 0 Å². The van der Waals surface area contributed by atoms with Gasteiger partial charge in [0, 0.05) is 30.6 Å². The average molecular weight is 356 g/mol. The first-order chi connectivity index (χ1) is 12.7. The lowest BCUT2D eigenvalue weighted by atomic mass is 9.75. The SMILES string of the molecule is COc1ccc([C@H]2CN(C3CCN(C)CC3)[C@H]3C4CCN(CC4)[C@@H]23)cc1. The van der Waals surface area contributed by atoms with Gasteiger partial charge in [-0.2, -0.15) is 0 Å². The van der Waals surface area contributed by atoms with Gasteiger partial charge in [-0.1, -0.05) is 12.1 Å². The third-order valence-corrected chi connectivity index (χ3v) is 7.73. The molecule has 1 aromatic carbocycles. The van der Waals surface area contributed by atoms with Gasteiger partial charge in [0.15, 0.2) is 0 Å². The molecule has 0 aromatic heterocycles. The number of rotatable bonds is 3. The number of methoxy groups -OCH3 is 1. The molecule has 0 unspecified atom stereocenters. The number of ether oxygens (including phenoxy) is 1. The fourth-order valence-electron chi connectivity index (χ4n) is 6.34. The molecular weight excluding hydrogens is 322 g/mol. The molecule has 0 aliphatic carbocycles. The van der Waals surface area contributed by atoms with Gasteiger partial charge in [0.2, 0.25) is 0 Å². The molecule has 142 valence electrons. The first-order valence-electron chi connectivity index (χ1n) is 10.6. The first kappa shape index (κ1) is 17.0. The second kappa shape index (κ2) is 6.81. The Hall–Kier alpha value is -1.10. The summed E-state index contributed by atoms with van der Waals surface area (Å²) in [5.74, 6) is 2.56. The molecule has 0 amide bonds. The molecule has 0 N–H and O–H groups in total. The number of likely N-dealkylation sites (tertiary alicyclic amines) is 2. The molecule has 6 rings (SSSR count). The van der Waals surface area contributed by atoms with Crippen LogP contribution in [0.5, 0.6) is 5.75 Å². The van der Waals surface area contributed by atoms with Crippen LogP contribution in [0, 0.1) is 5.92 Å². The van der Waals surface area contributed by atoms with E-state index in [1.165, 1.54) is 64.0 Å². The summed E-state index contributed by atoms with van der Waals surface area (Å²) in [6, 6.07) is 11.3. The van der Waals surface area contributed by atoms with Crippen molar-refractivity contribution in [3.63, 3.8) is 0 Å². The highest BCUT2D eigenvalue weighted by Crippen LogP contribution is 2.48. The summed E-state index contributed by atoms with van der Waals surface area (Å²) >= 11 is 0. The molecule has 26 heavy (non-hydrogen) atoms. The lowest BCUT2D eigenvalue weighted by molar-refractivity contribution is -0.0261. The molecular formula is C22H33N3O. The van der Waals surface area contributed by atoms with Crippen molar-refractivity contribution in [1.82, 2.24) is 14.7 Å². The number of nitrogens with zero attached hydrogens (tertiary/aromatic N) is 3. The van der Waals surface area contributed by atoms with Gasteiger partial charge in [-0.3, -0.25) is 9.80 Å². The number of hydrogen-bond acceptors (Lipinski definition) is 4. The number of piperidine rings is 4. The molecule has 3 atom stereocenters. The Kier molecular flexibility index (Phi) is 4.46. The van der Waals surface area contributed by atoms with Gasteiger partial charge in [-0.05, 0) is 82.5 Å². The van der Waals surface area contributed by atoms with Crippen LogP contribution in [-0.4, -0.2) is 79.7 Å². The molecule has 5 aliphatic heterocycles. The monoisotopic (exact) mass is 355 g/mol. The van der Waals surface area contributed by atoms with Crippen LogP contribution in [0.1, 0.15) is 37.2 Å². The topological polar surface area (TPSA) is 19.0 Å². The van der Waals surface area contributed by atoms with Crippen molar-refractivity contribution >= 4 is 0 Å². The molecule has 1 aromatic rings. The predicted molar refractivity (Wildman–Crippen MR) is 105 cm³/mol. The van der Waals surface area contributed by atoms with E-state index in [9.17, 15) is 0 Å². The zero-order chi connectivity index (χ0) is 17.7. The quantitative estimate of drug-likeness (QED) is 0.830. The van der Waals surface area contributed by atoms with Gasteiger partial charge in [-0.15, -0.1) is 0 Å². The number of fused-ring (bicyclic) bond motifs is 2. The highest BCUT2D eigenvalue weighted by Gasteiger charge is 2.54. The molecule has 5 heterocycles. The van der Waals surface area contributed by atoms with Crippen molar-refractivity contribution in [2.45, 2.75) is 49.7 Å². The van der Waals surface area contributed by atoms with Crippen molar-refractivity contribution in [3.8, 4) is 5.75 Å². The van der Waals surface area contributed by atoms with Crippen LogP contribution >= 0.6 is 0 Å². The van der Waals surface area contributed by atoms with E-state index in [0.717, 1.165) is 29.8 Å². The van der Waals surface area contributed by atoms with Crippen molar-refractivity contribution in [1.29, 1.82) is 0 Å². The Morgan fingerprint density at radius 2 is 1.58 bits per heavy atom. The van der Waals surface area contributed by atoms with E-state index in [-0.39, 0.29) is 0 Å². The lowest BCUT2D eigenvalue weighted by Gasteiger charge is -2.53. The van der Waals surface area contributed by atoms with E-state index in [1.807, 2.05) is 0 Å². The van der Waals surface area contributed by atoms with Crippen LogP contribution in [0.15, 0.2) is 24.3 Å². The molecule has 4 heteroatoms. The summed E-state index contributed by atoms with van der Waals surface area (Å²) in [5, 5.41) is 0. The van der Waals surface area contributed by atoms with Crippen LogP contribution in [-0.2, 0) is 0 Å². The van der Waals surface area contributed by atoms with Gasteiger partial charge in [0.05, 0.1) is 7.11 Å². The Balaban J connectivity index is 1.44. The Morgan fingerprint density at radius 3 is 2.23 bits per heavy atom. The van der Waals surface area contributed by atoms with E-state index in [4.69, 9.17) is 4.74 Å². The second-order valence-electron chi connectivity index (χ2n) is 8.97. The van der Waals surface area contributed by atoms with E-state index in [1.54, 1.807) is 7.11 Å². The highest BCUT2D eigenvalue weighted by molar-refractivity contribution is 5.33. The zero-order valence-electron chi connectivity index (χ0n) is 16.3. The summed E-state index contributed by atoms with van der Waals surface area (Å²) in [6.45, 7) is 6.42. The summed E-state index contributed by atoms with van der Waals surface area (Å²) in [7, 11) is 4.03. The summed E-state index contributed by atoms with van der Waals surface area (Å²) in [6.07, 6.45) is 5.53. The lowest BCUT2D eigenvalue weighted by Crippen LogP contribution is -2.61. The third-order valence-electron chi connectivity index (χ3n) is 7.73. The van der Waals surface area contributed by atoms with Crippen LogP contribution in [0.3, 0.4) is 0 Å². The summed E-state index contributed by atoms with van der Waals surface area (Å²) < 4.78 is 5.39. The van der Waals surface area contributed by atoms with E-state index >= 15 is 0 Å². The van der Waals surface area contributed by atoms with Gasteiger partial charge in [0.25, 0.3) is 0 Å². The molecule has 0 saturated carbocycles. The molecule has 4 nitrogen and oxygen atoms in total. The molecule has 5 fully saturated rings. The molecule has 5 aliphatic rings. The number of hydrogen-bond donors (Lipinski definition) is 0. The van der Waals surface area contributed by atoms with Gasteiger partial charge in [-0.25, -0.2) is 0 Å². The zero-order valence-corrected chi connectivity index (χ0v) is 16.3. The van der Waals surface area contributed by atoms with Crippen molar-refractivity contribution < 1.29 is 4.74 Å². The Bertz CT molecular complexity index is 617. The van der Waals surface area contributed by atoms with Crippen molar-refractivity contribution in [2.75, 3.05) is 46.9 Å². The minimum absolute atomic E-state index is 0.661. The molecule has 0 spiro atoms. The van der Waals surface area contributed by atoms with Crippen molar-refractivity contribution in [2.24, 2.45) is 5.92 Å². The maximum absolute atomic E-state index is 5.39. The summed E-state index contributed by atoms with van der Waals surface area (Å²) in [4.78, 5) is 8.29. The van der Waals surface area contributed by atoms with Crippen molar-refractivity contribution in [3.05, 3.63) is 29.8 Å².